The molecule has 0 aliphatic heterocycles. The van der Waals surface area contributed by atoms with Gasteiger partial charge in [-0.1, -0.05) is 13.0 Å². The lowest BCUT2D eigenvalue weighted by atomic mass is 10.0. The lowest BCUT2D eigenvalue weighted by Crippen LogP contribution is -2.11. The summed E-state index contributed by atoms with van der Waals surface area (Å²) in [5.41, 5.74) is 8.43. The molecule has 0 heterocycles. The summed E-state index contributed by atoms with van der Waals surface area (Å²) in [5.74, 6) is 0.0435. The summed E-state index contributed by atoms with van der Waals surface area (Å²) in [6, 6.07) is 3.43. The minimum atomic E-state index is -0.929. The van der Waals surface area contributed by atoms with Gasteiger partial charge in [0.05, 0.1) is 12.2 Å². The summed E-state index contributed by atoms with van der Waals surface area (Å²) in [7, 11) is -0.929. The van der Waals surface area contributed by atoms with Gasteiger partial charge in [0.1, 0.15) is 0 Å². The van der Waals surface area contributed by atoms with E-state index in [4.69, 9.17) is 10.5 Å². The summed E-state index contributed by atoms with van der Waals surface area (Å²) < 4.78 is 16.3. The fraction of sp³-hybridized carbons (Fsp3) is 0.462. The van der Waals surface area contributed by atoms with Crippen LogP contribution in [0.5, 0.6) is 0 Å². The van der Waals surface area contributed by atoms with Crippen LogP contribution in [0.1, 0.15) is 34.8 Å². The molecular weight excluding hydrogens is 250 g/mol. The van der Waals surface area contributed by atoms with E-state index >= 15 is 0 Å². The fourth-order valence-electron chi connectivity index (χ4n) is 1.60. The monoisotopic (exact) mass is 269 g/mol. The highest BCUT2D eigenvalue weighted by molar-refractivity contribution is 7.83. The average Bonchev–Trinajstić information content (AvgIpc) is 2.31. The third kappa shape index (κ3) is 3.57. The van der Waals surface area contributed by atoms with Gasteiger partial charge in [-0.2, -0.15) is 0 Å². The van der Waals surface area contributed by atoms with Gasteiger partial charge in [-0.3, -0.25) is 4.21 Å². The number of hydrogen-bond donors (Lipinski definition) is 1. The summed E-state index contributed by atoms with van der Waals surface area (Å²) in [4.78, 5) is 11.7. The molecule has 4 nitrogen and oxygen atoms in total. The number of ether oxygens (including phenoxy) is 1. The van der Waals surface area contributed by atoms with Gasteiger partial charge in [-0.05, 0) is 30.5 Å². The maximum Gasteiger partial charge on any atom is 0.340 e. The van der Waals surface area contributed by atoms with Crippen molar-refractivity contribution in [2.45, 2.75) is 26.0 Å². The van der Waals surface area contributed by atoms with Crippen molar-refractivity contribution in [1.82, 2.24) is 0 Å². The first kappa shape index (κ1) is 14.7. The number of rotatable bonds is 5. The molecule has 0 amide bonds. The molecule has 1 atom stereocenters. The minimum absolute atomic E-state index is 0.381. The fourth-order valence-corrected chi connectivity index (χ4v) is 2.35. The zero-order valence-electron chi connectivity index (χ0n) is 11.0. The Morgan fingerprint density at radius 2 is 2.11 bits per heavy atom. The topological polar surface area (TPSA) is 69.4 Å². The Labute approximate surface area is 110 Å². The summed E-state index contributed by atoms with van der Waals surface area (Å²) in [5, 5.41) is 0. The molecule has 1 aromatic carbocycles. The van der Waals surface area contributed by atoms with Crippen molar-refractivity contribution in [2.24, 2.45) is 0 Å². The predicted octanol–water partition coefficient (Wildman–Crippen LogP) is 2.02. The van der Waals surface area contributed by atoms with Crippen molar-refractivity contribution in [3.63, 3.8) is 0 Å². The molecule has 2 N–H and O–H groups in total. The molecule has 18 heavy (non-hydrogen) atoms. The highest BCUT2D eigenvalue weighted by Crippen LogP contribution is 2.22. The smallest absolute Gasteiger partial charge is 0.340 e. The first-order valence-corrected chi connectivity index (χ1v) is 7.55. The predicted molar refractivity (Wildman–Crippen MR) is 73.9 cm³/mol. The van der Waals surface area contributed by atoms with Gasteiger partial charge in [-0.25, -0.2) is 4.79 Å². The molecule has 1 aromatic rings. The van der Waals surface area contributed by atoms with E-state index in [1.807, 2.05) is 13.8 Å². The molecule has 0 spiro atoms. The second-order valence-corrected chi connectivity index (χ2v) is 5.60. The van der Waals surface area contributed by atoms with E-state index in [0.29, 0.717) is 23.6 Å². The van der Waals surface area contributed by atoms with Gasteiger partial charge >= 0.3 is 5.97 Å². The van der Waals surface area contributed by atoms with Gasteiger partial charge in [0.2, 0.25) is 0 Å². The number of hydrogen-bond acceptors (Lipinski definition) is 4. The molecule has 0 fully saturated rings. The SMILES string of the molecule is CCCOC(=O)c1ccc(CS(C)=O)c(C)c1N. The van der Waals surface area contributed by atoms with E-state index in [2.05, 4.69) is 0 Å². The zero-order chi connectivity index (χ0) is 13.7. The van der Waals surface area contributed by atoms with Crippen LogP contribution in [0.3, 0.4) is 0 Å². The highest BCUT2D eigenvalue weighted by atomic mass is 32.2. The first-order valence-electron chi connectivity index (χ1n) is 5.82. The summed E-state index contributed by atoms with van der Waals surface area (Å²) in [6.07, 6.45) is 2.41. The molecule has 100 valence electrons. The van der Waals surface area contributed by atoms with Crippen LogP contribution in [0, 0.1) is 6.92 Å². The number of esters is 1. The van der Waals surface area contributed by atoms with Crippen LogP contribution in [-0.2, 0) is 21.3 Å². The second-order valence-electron chi connectivity index (χ2n) is 4.16. The molecule has 1 unspecified atom stereocenters. The van der Waals surface area contributed by atoms with Gasteiger partial charge in [0.15, 0.2) is 0 Å². The van der Waals surface area contributed by atoms with Crippen molar-refractivity contribution in [1.29, 1.82) is 0 Å². The third-order valence-corrected chi connectivity index (χ3v) is 3.36. The Hall–Kier alpha value is -1.36. The molecule has 5 heteroatoms. The Morgan fingerprint density at radius 1 is 1.44 bits per heavy atom. The maximum absolute atomic E-state index is 11.7. The van der Waals surface area contributed by atoms with Gasteiger partial charge < -0.3 is 10.5 Å². The molecule has 0 aliphatic rings. The lowest BCUT2D eigenvalue weighted by molar-refractivity contribution is 0.0506. The van der Waals surface area contributed by atoms with E-state index in [1.165, 1.54) is 0 Å². The Bertz CT molecular complexity index is 472. The van der Waals surface area contributed by atoms with Gasteiger partial charge in [0, 0.05) is 28.5 Å². The van der Waals surface area contributed by atoms with E-state index in [9.17, 15) is 9.00 Å². The normalized spacial score (nSPS) is 12.2. The van der Waals surface area contributed by atoms with Crippen molar-refractivity contribution < 1.29 is 13.7 Å². The van der Waals surface area contributed by atoms with Gasteiger partial charge in [0.25, 0.3) is 0 Å². The number of anilines is 1. The van der Waals surface area contributed by atoms with Crippen molar-refractivity contribution in [2.75, 3.05) is 18.6 Å². The van der Waals surface area contributed by atoms with Crippen LogP contribution >= 0.6 is 0 Å². The number of carbonyl (C=O) groups excluding carboxylic acids is 1. The third-order valence-electron chi connectivity index (χ3n) is 2.64. The van der Waals surface area contributed by atoms with Crippen LogP contribution in [-0.4, -0.2) is 23.0 Å². The number of benzene rings is 1. The average molecular weight is 269 g/mol. The second kappa shape index (κ2) is 6.54. The zero-order valence-corrected chi connectivity index (χ0v) is 11.8. The highest BCUT2D eigenvalue weighted by Gasteiger charge is 2.15. The summed E-state index contributed by atoms with van der Waals surface area (Å²) >= 11 is 0. The van der Waals surface area contributed by atoms with E-state index in [0.717, 1.165) is 17.5 Å². The number of nitrogens with two attached hydrogens (primary N) is 1. The largest absolute Gasteiger partial charge is 0.462 e. The maximum atomic E-state index is 11.7. The Balaban J connectivity index is 3.00. The van der Waals surface area contributed by atoms with Crippen LogP contribution in [0.15, 0.2) is 12.1 Å². The molecule has 0 saturated carbocycles. The van der Waals surface area contributed by atoms with Crippen molar-refractivity contribution in [3.05, 3.63) is 28.8 Å². The van der Waals surface area contributed by atoms with E-state index in [-0.39, 0.29) is 0 Å². The molecule has 1 rings (SSSR count). The van der Waals surface area contributed by atoms with Crippen LogP contribution in [0.4, 0.5) is 5.69 Å². The molecule has 0 bridgehead atoms. The molecule has 0 aromatic heterocycles. The van der Waals surface area contributed by atoms with E-state index < -0.39 is 16.8 Å². The van der Waals surface area contributed by atoms with Crippen molar-refractivity contribution in [3.8, 4) is 0 Å². The van der Waals surface area contributed by atoms with Crippen LogP contribution in [0.25, 0.3) is 0 Å². The Kier molecular flexibility index (Phi) is 5.34. The standard InChI is InChI=1S/C13H19NO3S/c1-4-7-17-13(15)11-6-5-10(8-18(3)16)9(2)12(11)14/h5-6H,4,7-8,14H2,1-3H3. The van der Waals surface area contributed by atoms with E-state index in [1.54, 1.807) is 18.4 Å². The Morgan fingerprint density at radius 3 is 2.67 bits per heavy atom. The summed E-state index contributed by atoms with van der Waals surface area (Å²) in [6.45, 7) is 4.15. The molecule has 0 saturated heterocycles. The van der Waals surface area contributed by atoms with Crippen LogP contribution < -0.4 is 5.73 Å². The molecular formula is C13H19NO3S. The van der Waals surface area contributed by atoms with Crippen LogP contribution in [0.2, 0.25) is 0 Å². The molecule has 0 radical (unpaired) electrons. The minimum Gasteiger partial charge on any atom is -0.462 e. The molecule has 0 aliphatic carbocycles. The number of nitrogen functional groups attached to an aromatic ring is 1. The lowest BCUT2D eigenvalue weighted by Gasteiger charge is -2.12. The number of carbonyl (C=O) groups is 1. The van der Waals surface area contributed by atoms with Crippen molar-refractivity contribution >= 4 is 22.5 Å². The quantitative estimate of drug-likeness (QED) is 0.656. The first-order chi connectivity index (χ1) is 8.47. The van der Waals surface area contributed by atoms with Gasteiger partial charge in [-0.15, -0.1) is 0 Å².